The number of nitrogens with zero attached hydrogens (tertiary/aromatic N) is 2. The molecule has 0 saturated carbocycles. The maximum atomic E-state index is 12.1. The van der Waals surface area contributed by atoms with Crippen molar-refractivity contribution in [2.24, 2.45) is 0 Å². The fourth-order valence-electron chi connectivity index (χ4n) is 2.27. The summed E-state index contributed by atoms with van der Waals surface area (Å²) in [6.07, 6.45) is 9.19. The fourth-order valence-corrected chi connectivity index (χ4v) is 2.47. The summed E-state index contributed by atoms with van der Waals surface area (Å²) >= 11 is 6.06. The minimum Gasteiger partial charge on any atom is -0.363 e. The molecular formula is C18H15ClN2O. The smallest absolute Gasteiger partial charge is 0.204 e. The van der Waals surface area contributed by atoms with E-state index >= 15 is 0 Å². The molecule has 1 aromatic carbocycles. The molecule has 3 nitrogen and oxygen atoms in total. The third-order valence-electron chi connectivity index (χ3n) is 3.50. The van der Waals surface area contributed by atoms with Gasteiger partial charge in [-0.1, -0.05) is 42.0 Å². The molecule has 2 heterocycles. The van der Waals surface area contributed by atoms with Crippen molar-refractivity contribution in [3.63, 3.8) is 0 Å². The van der Waals surface area contributed by atoms with Crippen molar-refractivity contribution in [2.75, 3.05) is 18.0 Å². The Kier molecular flexibility index (Phi) is 4.35. The van der Waals surface area contributed by atoms with Gasteiger partial charge in [-0.2, -0.15) is 0 Å². The topological polar surface area (TPSA) is 33.2 Å². The molecule has 0 aliphatic carbocycles. The number of aromatic nitrogens is 1. The second-order valence-electron chi connectivity index (χ2n) is 5.00. The van der Waals surface area contributed by atoms with E-state index in [1.807, 2.05) is 24.3 Å². The lowest BCUT2D eigenvalue weighted by molar-refractivity contribution is 0.104. The molecule has 2 aromatic rings. The Bertz CT molecular complexity index is 727. The van der Waals surface area contributed by atoms with Crippen LogP contribution in [0.1, 0.15) is 16.1 Å². The Morgan fingerprint density at radius 3 is 2.59 bits per heavy atom. The first-order valence-corrected chi connectivity index (χ1v) is 7.45. The Hall–Kier alpha value is -2.39. The van der Waals surface area contributed by atoms with Crippen molar-refractivity contribution in [1.82, 2.24) is 4.98 Å². The molecule has 4 heteroatoms. The van der Waals surface area contributed by atoms with Gasteiger partial charge in [-0.15, -0.1) is 0 Å². The molecule has 0 spiro atoms. The van der Waals surface area contributed by atoms with Gasteiger partial charge in [0.05, 0.1) is 11.9 Å². The van der Waals surface area contributed by atoms with Crippen molar-refractivity contribution in [3.8, 4) is 0 Å². The predicted molar refractivity (Wildman–Crippen MR) is 90.4 cm³/mol. The average molecular weight is 311 g/mol. The van der Waals surface area contributed by atoms with Gasteiger partial charge >= 0.3 is 0 Å². The van der Waals surface area contributed by atoms with Crippen molar-refractivity contribution < 1.29 is 4.79 Å². The van der Waals surface area contributed by atoms with Gasteiger partial charge in [0.25, 0.3) is 0 Å². The van der Waals surface area contributed by atoms with Crippen LogP contribution >= 0.6 is 11.6 Å². The minimum absolute atomic E-state index is 0.133. The lowest BCUT2D eigenvalue weighted by Crippen LogP contribution is -2.18. The van der Waals surface area contributed by atoms with Crippen LogP contribution in [0.5, 0.6) is 0 Å². The molecule has 1 aliphatic heterocycles. The molecule has 0 amide bonds. The zero-order valence-electron chi connectivity index (χ0n) is 11.9. The Balaban J connectivity index is 1.71. The van der Waals surface area contributed by atoms with Crippen molar-refractivity contribution >= 4 is 29.1 Å². The standard InChI is InChI=1S/C18H15ClN2O/c19-16-6-2-1-5-14(16)7-10-18(22)17-9-8-15(13-20-17)21-11-3-4-12-21/h1-10,13H,11-12H2/b10-7+. The van der Waals surface area contributed by atoms with Crippen LogP contribution in [0.3, 0.4) is 0 Å². The lowest BCUT2D eigenvalue weighted by Gasteiger charge is -2.16. The molecule has 0 saturated heterocycles. The maximum absolute atomic E-state index is 12.1. The van der Waals surface area contributed by atoms with Crippen LogP contribution in [0, 0.1) is 0 Å². The van der Waals surface area contributed by atoms with Gasteiger partial charge < -0.3 is 4.90 Å². The van der Waals surface area contributed by atoms with E-state index in [0.717, 1.165) is 24.3 Å². The van der Waals surface area contributed by atoms with Gasteiger partial charge in [-0.3, -0.25) is 9.78 Å². The summed E-state index contributed by atoms with van der Waals surface area (Å²) in [4.78, 5) is 18.6. The SMILES string of the molecule is O=C(/C=C/c1ccccc1Cl)c1ccc(N2CC=CC2)cn1. The predicted octanol–water partition coefficient (Wildman–Crippen LogP) is 4.01. The monoisotopic (exact) mass is 310 g/mol. The van der Waals surface area contributed by atoms with Crippen molar-refractivity contribution in [1.29, 1.82) is 0 Å². The highest BCUT2D eigenvalue weighted by Crippen LogP contribution is 2.18. The summed E-state index contributed by atoms with van der Waals surface area (Å²) in [5.74, 6) is -0.133. The van der Waals surface area contributed by atoms with Gasteiger partial charge in [0.15, 0.2) is 0 Å². The molecule has 0 fully saturated rings. The number of benzene rings is 1. The number of ketones is 1. The molecule has 1 aliphatic rings. The third kappa shape index (κ3) is 3.26. The van der Waals surface area contributed by atoms with Gasteiger partial charge in [0.2, 0.25) is 5.78 Å². The lowest BCUT2D eigenvalue weighted by atomic mass is 10.1. The first kappa shape index (κ1) is 14.5. The first-order chi connectivity index (χ1) is 10.7. The number of allylic oxidation sites excluding steroid dienone is 1. The highest BCUT2D eigenvalue weighted by Gasteiger charge is 2.09. The Morgan fingerprint density at radius 2 is 1.91 bits per heavy atom. The van der Waals surface area contributed by atoms with E-state index in [2.05, 4.69) is 22.0 Å². The van der Waals surface area contributed by atoms with Crippen molar-refractivity contribution in [2.45, 2.75) is 0 Å². The number of anilines is 1. The van der Waals surface area contributed by atoms with E-state index in [9.17, 15) is 4.79 Å². The molecule has 1 aromatic heterocycles. The van der Waals surface area contributed by atoms with Crippen LogP contribution in [0.25, 0.3) is 6.08 Å². The number of carbonyl (C=O) groups excluding carboxylic acids is 1. The number of hydrogen-bond donors (Lipinski definition) is 0. The van der Waals surface area contributed by atoms with Crippen LogP contribution in [-0.4, -0.2) is 23.9 Å². The van der Waals surface area contributed by atoms with Crippen LogP contribution < -0.4 is 4.90 Å². The van der Waals surface area contributed by atoms with Crippen LogP contribution in [0.15, 0.2) is 60.8 Å². The molecular weight excluding hydrogens is 296 g/mol. The van der Waals surface area contributed by atoms with Gasteiger partial charge in [-0.05, 0) is 35.9 Å². The highest BCUT2D eigenvalue weighted by atomic mass is 35.5. The van der Waals surface area contributed by atoms with Crippen LogP contribution in [-0.2, 0) is 0 Å². The van der Waals surface area contributed by atoms with Gasteiger partial charge in [0, 0.05) is 18.1 Å². The minimum atomic E-state index is -0.133. The largest absolute Gasteiger partial charge is 0.363 e. The second kappa shape index (κ2) is 6.58. The zero-order valence-corrected chi connectivity index (χ0v) is 12.7. The first-order valence-electron chi connectivity index (χ1n) is 7.07. The summed E-state index contributed by atoms with van der Waals surface area (Å²) in [5, 5.41) is 0.622. The fraction of sp³-hybridized carbons (Fsp3) is 0.111. The third-order valence-corrected chi connectivity index (χ3v) is 3.85. The summed E-state index contributed by atoms with van der Waals surface area (Å²) in [5.41, 5.74) is 2.27. The number of pyridine rings is 1. The zero-order chi connectivity index (χ0) is 15.4. The summed E-state index contributed by atoms with van der Waals surface area (Å²) in [6.45, 7) is 1.78. The van der Waals surface area contributed by atoms with E-state index in [1.54, 1.807) is 24.4 Å². The number of carbonyl (C=O) groups is 1. The quantitative estimate of drug-likeness (QED) is 0.486. The maximum Gasteiger partial charge on any atom is 0.204 e. The number of rotatable bonds is 4. The van der Waals surface area contributed by atoms with Gasteiger partial charge in [0.1, 0.15) is 5.69 Å². The second-order valence-corrected chi connectivity index (χ2v) is 5.40. The van der Waals surface area contributed by atoms with Crippen molar-refractivity contribution in [3.05, 3.63) is 77.1 Å². The summed E-state index contributed by atoms with van der Waals surface area (Å²) in [6, 6.07) is 11.1. The average Bonchev–Trinajstić information content (AvgIpc) is 3.08. The number of halogens is 1. The molecule has 3 rings (SSSR count). The highest BCUT2D eigenvalue weighted by molar-refractivity contribution is 6.32. The van der Waals surface area contributed by atoms with E-state index < -0.39 is 0 Å². The van der Waals surface area contributed by atoms with Crippen LogP contribution in [0.2, 0.25) is 5.02 Å². The molecule has 22 heavy (non-hydrogen) atoms. The summed E-state index contributed by atoms with van der Waals surface area (Å²) < 4.78 is 0. The van der Waals surface area contributed by atoms with E-state index in [0.29, 0.717) is 10.7 Å². The van der Waals surface area contributed by atoms with E-state index in [-0.39, 0.29) is 5.78 Å². The molecule has 110 valence electrons. The normalized spacial score (nSPS) is 14.0. The Morgan fingerprint density at radius 1 is 1.14 bits per heavy atom. The summed E-state index contributed by atoms with van der Waals surface area (Å²) in [7, 11) is 0. The number of hydrogen-bond acceptors (Lipinski definition) is 3. The molecule has 0 radical (unpaired) electrons. The van der Waals surface area contributed by atoms with Gasteiger partial charge in [-0.25, -0.2) is 0 Å². The molecule has 0 bridgehead atoms. The van der Waals surface area contributed by atoms with E-state index in [1.165, 1.54) is 6.08 Å². The van der Waals surface area contributed by atoms with E-state index in [4.69, 9.17) is 11.6 Å². The molecule has 0 unspecified atom stereocenters. The Labute approximate surface area is 134 Å². The molecule has 0 atom stereocenters. The molecule has 0 N–H and O–H groups in total. The van der Waals surface area contributed by atoms with Crippen LogP contribution in [0.4, 0.5) is 5.69 Å².